The van der Waals surface area contributed by atoms with E-state index in [2.05, 4.69) is 5.32 Å². The van der Waals surface area contributed by atoms with Gasteiger partial charge in [-0.25, -0.2) is 0 Å². The maximum absolute atomic E-state index is 11.2. The van der Waals surface area contributed by atoms with Crippen molar-refractivity contribution in [1.29, 1.82) is 0 Å². The third-order valence-electron chi connectivity index (χ3n) is 1.50. The predicted octanol–water partition coefficient (Wildman–Crippen LogP) is -1.13. The largest absolute Gasteiger partial charge is 0.548 e. The molecule has 0 saturated heterocycles. The third kappa shape index (κ3) is 2.78. The van der Waals surface area contributed by atoms with Crippen molar-refractivity contribution >= 4 is 11.9 Å². The molecule has 1 rings (SSSR count). The first-order valence-corrected chi connectivity index (χ1v) is 3.86. The third-order valence-corrected chi connectivity index (χ3v) is 1.50. The van der Waals surface area contributed by atoms with Crippen LogP contribution in [0.5, 0.6) is 5.75 Å². The van der Waals surface area contributed by atoms with Crippen LogP contribution < -0.4 is 10.4 Å². The number of rotatable bonds is 3. The molecule has 2 N–H and O–H groups in total. The first-order chi connectivity index (χ1) is 6.59. The van der Waals surface area contributed by atoms with Gasteiger partial charge < -0.3 is 20.3 Å². The summed E-state index contributed by atoms with van der Waals surface area (Å²) in [5.41, 5.74) is 0.200. The van der Waals surface area contributed by atoms with Crippen molar-refractivity contribution in [2.75, 3.05) is 6.54 Å². The van der Waals surface area contributed by atoms with Crippen LogP contribution >= 0.6 is 0 Å². The van der Waals surface area contributed by atoms with Crippen molar-refractivity contribution in [2.24, 2.45) is 0 Å². The molecule has 1 aromatic carbocycles. The molecule has 0 aliphatic carbocycles. The van der Waals surface area contributed by atoms with Gasteiger partial charge in [-0.2, -0.15) is 0 Å². The number of carbonyl (C=O) groups excluding carboxylic acids is 2. The van der Waals surface area contributed by atoms with Crippen LogP contribution in [0.4, 0.5) is 0 Å². The molecular weight excluding hydrogens is 186 g/mol. The lowest BCUT2D eigenvalue weighted by atomic mass is 10.2. The Morgan fingerprint density at radius 2 is 2.14 bits per heavy atom. The Hall–Kier alpha value is -2.04. The molecule has 14 heavy (non-hydrogen) atoms. The van der Waals surface area contributed by atoms with Crippen molar-refractivity contribution in [3.05, 3.63) is 29.8 Å². The van der Waals surface area contributed by atoms with E-state index < -0.39 is 18.4 Å². The van der Waals surface area contributed by atoms with Gasteiger partial charge in [0.25, 0.3) is 5.91 Å². The van der Waals surface area contributed by atoms with Crippen molar-refractivity contribution < 1.29 is 19.8 Å². The van der Waals surface area contributed by atoms with E-state index in [9.17, 15) is 14.7 Å². The zero-order chi connectivity index (χ0) is 10.6. The molecule has 0 spiro atoms. The zero-order valence-electron chi connectivity index (χ0n) is 7.19. The summed E-state index contributed by atoms with van der Waals surface area (Å²) >= 11 is 0. The van der Waals surface area contributed by atoms with Gasteiger partial charge in [-0.3, -0.25) is 4.79 Å². The molecule has 1 amide bonds. The van der Waals surface area contributed by atoms with Crippen molar-refractivity contribution in [1.82, 2.24) is 5.32 Å². The number of carboxylic acid groups (broad SMARTS) is 1. The van der Waals surface area contributed by atoms with E-state index in [1.165, 1.54) is 24.3 Å². The monoisotopic (exact) mass is 194 g/mol. The van der Waals surface area contributed by atoms with Crippen LogP contribution in [0.3, 0.4) is 0 Å². The molecule has 0 radical (unpaired) electrons. The minimum absolute atomic E-state index is 0.0499. The van der Waals surface area contributed by atoms with Crippen molar-refractivity contribution in [2.45, 2.75) is 0 Å². The summed E-state index contributed by atoms with van der Waals surface area (Å²) in [7, 11) is 0. The second kappa shape index (κ2) is 4.27. The Morgan fingerprint density at radius 1 is 1.43 bits per heavy atom. The highest BCUT2D eigenvalue weighted by Gasteiger charge is 2.04. The quantitative estimate of drug-likeness (QED) is 0.637. The lowest BCUT2D eigenvalue weighted by Gasteiger charge is -2.05. The first kappa shape index (κ1) is 10.0. The number of aliphatic carboxylic acids is 1. The smallest absolute Gasteiger partial charge is 0.251 e. The molecule has 0 unspecified atom stereocenters. The number of nitrogens with one attached hydrogen (secondary N) is 1. The van der Waals surface area contributed by atoms with E-state index >= 15 is 0 Å². The summed E-state index contributed by atoms with van der Waals surface area (Å²) in [5.74, 6) is -1.98. The molecule has 0 saturated carbocycles. The number of amides is 1. The molecule has 0 aliphatic heterocycles. The SMILES string of the molecule is O=C([O-])CNC(=O)c1cccc(O)c1. The number of hydrogen-bond acceptors (Lipinski definition) is 4. The van der Waals surface area contributed by atoms with Crippen LogP contribution in [-0.2, 0) is 4.79 Å². The molecule has 0 bridgehead atoms. The van der Waals surface area contributed by atoms with Crippen LogP contribution in [-0.4, -0.2) is 23.5 Å². The standard InChI is InChI=1S/C9H9NO4/c11-7-3-1-2-6(4-7)9(14)10-5-8(12)13/h1-4,11H,5H2,(H,10,14)(H,12,13)/p-1. The van der Waals surface area contributed by atoms with Gasteiger partial charge in [-0.15, -0.1) is 0 Å². The number of phenolic OH excluding ortho intramolecular Hbond substituents is 1. The Labute approximate surface area is 80.0 Å². The van der Waals surface area contributed by atoms with Crippen LogP contribution in [0.15, 0.2) is 24.3 Å². The maximum atomic E-state index is 11.2. The fourth-order valence-electron chi connectivity index (χ4n) is 0.902. The van der Waals surface area contributed by atoms with E-state index in [1.54, 1.807) is 0 Å². The fraction of sp³-hybridized carbons (Fsp3) is 0.111. The van der Waals surface area contributed by atoms with E-state index in [4.69, 9.17) is 5.11 Å². The Balaban J connectivity index is 2.65. The van der Waals surface area contributed by atoms with Crippen molar-refractivity contribution in [3.63, 3.8) is 0 Å². The number of hydrogen-bond donors (Lipinski definition) is 2. The van der Waals surface area contributed by atoms with Gasteiger partial charge in [-0.05, 0) is 18.2 Å². The summed E-state index contributed by atoms with van der Waals surface area (Å²) in [4.78, 5) is 21.2. The molecule has 0 aromatic heterocycles. The molecule has 0 atom stereocenters. The minimum Gasteiger partial charge on any atom is -0.548 e. The fourth-order valence-corrected chi connectivity index (χ4v) is 0.902. The summed E-state index contributed by atoms with van der Waals surface area (Å²) < 4.78 is 0. The average molecular weight is 194 g/mol. The van der Waals surface area contributed by atoms with Gasteiger partial charge in [0.15, 0.2) is 0 Å². The lowest BCUT2D eigenvalue weighted by molar-refractivity contribution is -0.303. The topological polar surface area (TPSA) is 89.5 Å². The molecule has 5 heteroatoms. The highest BCUT2D eigenvalue weighted by molar-refractivity contribution is 5.95. The summed E-state index contributed by atoms with van der Waals surface area (Å²) in [6, 6.07) is 5.60. The second-order valence-corrected chi connectivity index (χ2v) is 2.61. The lowest BCUT2D eigenvalue weighted by Crippen LogP contribution is -2.37. The van der Waals surface area contributed by atoms with Crippen LogP contribution in [0, 0.1) is 0 Å². The summed E-state index contributed by atoms with van der Waals surface area (Å²) in [6.45, 7) is -0.547. The normalized spacial score (nSPS) is 9.43. The first-order valence-electron chi connectivity index (χ1n) is 3.86. The number of phenols is 1. The average Bonchev–Trinajstić information content (AvgIpc) is 2.14. The Morgan fingerprint density at radius 3 is 2.71 bits per heavy atom. The molecule has 0 aliphatic rings. The minimum atomic E-state index is -1.36. The van der Waals surface area contributed by atoms with E-state index in [-0.39, 0.29) is 11.3 Å². The van der Waals surface area contributed by atoms with Gasteiger partial charge in [0, 0.05) is 5.56 Å². The zero-order valence-corrected chi connectivity index (χ0v) is 7.19. The maximum Gasteiger partial charge on any atom is 0.251 e. The van der Waals surface area contributed by atoms with E-state index in [0.29, 0.717) is 0 Å². The summed E-state index contributed by atoms with van der Waals surface area (Å²) in [5, 5.41) is 21.2. The van der Waals surface area contributed by atoms with Gasteiger partial charge in [0.2, 0.25) is 0 Å². The van der Waals surface area contributed by atoms with Crippen LogP contribution in [0.1, 0.15) is 10.4 Å². The highest BCUT2D eigenvalue weighted by atomic mass is 16.4. The van der Waals surface area contributed by atoms with E-state index in [1.807, 2.05) is 0 Å². The highest BCUT2D eigenvalue weighted by Crippen LogP contribution is 2.10. The number of benzene rings is 1. The van der Waals surface area contributed by atoms with E-state index in [0.717, 1.165) is 0 Å². The van der Waals surface area contributed by atoms with Crippen LogP contribution in [0.25, 0.3) is 0 Å². The number of aromatic hydroxyl groups is 1. The Bertz CT molecular complexity index is 362. The molecule has 0 heterocycles. The van der Waals surface area contributed by atoms with Gasteiger partial charge in [0.05, 0.1) is 12.5 Å². The second-order valence-electron chi connectivity index (χ2n) is 2.61. The van der Waals surface area contributed by atoms with Crippen LogP contribution in [0.2, 0.25) is 0 Å². The van der Waals surface area contributed by atoms with Crippen molar-refractivity contribution in [3.8, 4) is 5.75 Å². The number of carbonyl (C=O) groups is 2. The van der Waals surface area contributed by atoms with Gasteiger partial charge in [0.1, 0.15) is 5.75 Å². The molecule has 5 nitrogen and oxygen atoms in total. The predicted molar refractivity (Wildman–Crippen MR) is 45.4 cm³/mol. The molecule has 0 fully saturated rings. The van der Waals surface area contributed by atoms with Gasteiger partial charge >= 0.3 is 0 Å². The molecular formula is C9H8NO4-. The number of carboxylic acids is 1. The Kier molecular flexibility index (Phi) is 3.06. The van der Waals surface area contributed by atoms with Gasteiger partial charge in [-0.1, -0.05) is 6.07 Å². The molecule has 1 aromatic rings. The molecule has 74 valence electrons. The summed E-state index contributed by atoms with van der Waals surface area (Å²) in [6.07, 6.45) is 0.